The summed E-state index contributed by atoms with van der Waals surface area (Å²) in [7, 11) is 0. The Bertz CT molecular complexity index is 571. The lowest BCUT2D eigenvalue weighted by molar-refractivity contribution is 0.740. The van der Waals surface area contributed by atoms with Gasteiger partial charge in [0.15, 0.2) is 0 Å². The Morgan fingerprint density at radius 3 is 2.89 bits per heavy atom. The lowest BCUT2D eigenvalue weighted by Crippen LogP contribution is -2.17. The second kappa shape index (κ2) is 5.37. The first kappa shape index (κ1) is 12.7. The van der Waals surface area contributed by atoms with E-state index >= 15 is 0 Å². The molecule has 4 heteroatoms. The van der Waals surface area contributed by atoms with Gasteiger partial charge in [-0.3, -0.25) is 4.57 Å². The fraction of sp³-hybridized carbons (Fsp3) is 0.400. The number of rotatable bonds is 3. The van der Waals surface area contributed by atoms with Gasteiger partial charge in [-0.25, -0.2) is 4.98 Å². The third-order valence-corrected chi connectivity index (χ3v) is 4.25. The molecule has 19 heavy (non-hydrogen) atoms. The smallest absolute Gasteiger partial charge is 0.207 e. The van der Waals surface area contributed by atoms with Gasteiger partial charge < -0.3 is 5.32 Å². The van der Waals surface area contributed by atoms with Crippen LogP contribution in [0.2, 0.25) is 0 Å². The summed E-state index contributed by atoms with van der Waals surface area (Å²) in [5.41, 5.74) is 2.42. The second-order valence-electron chi connectivity index (χ2n) is 5.18. The highest BCUT2D eigenvalue weighted by atomic mass is 79.9. The third-order valence-electron chi connectivity index (χ3n) is 3.76. The molecule has 0 bridgehead atoms. The Kier molecular flexibility index (Phi) is 3.60. The summed E-state index contributed by atoms with van der Waals surface area (Å²) in [6, 6.07) is 6.91. The minimum Gasteiger partial charge on any atom is -0.353 e. The molecule has 2 aromatic rings. The van der Waals surface area contributed by atoms with Gasteiger partial charge in [-0.15, -0.1) is 0 Å². The van der Waals surface area contributed by atoms with Crippen molar-refractivity contribution in [2.45, 2.75) is 38.6 Å². The molecule has 100 valence electrons. The normalized spacial score (nSPS) is 15.9. The maximum atomic E-state index is 4.46. The van der Waals surface area contributed by atoms with E-state index in [9.17, 15) is 0 Å². The van der Waals surface area contributed by atoms with Gasteiger partial charge in [0.2, 0.25) is 5.95 Å². The largest absolute Gasteiger partial charge is 0.353 e. The number of imidazole rings is 1. The molecule has 3 nitrogen and oxygen atoms in total. The molecule has 1 N–H and O–H groups in total. The van der Waals surface area contributed by atoms with E-state index in [4.69, 9.17) is 0 Å². The number of hydrogen-bond acceptors (Lipinski definition) is 2. The van der Waals surface area contributed by atoms with Crippen LogP contribution in [0.1, 0.15) is 31.2 Å². The first-order valence-electron chi connectivity index (χ1n) is 6.80. The van der Waals surface area contributed by atoms with Crippen molar-refractivity contribution in [1.82, 2.24) is 9.55 Å². The number of nitrogens with zero attached hydrogens (tertiary/aromatic N) is 2. The highest BCUT2D eigenvalue weighted by Gasteiger charge is 2.17. The maximum Gasteiger partial charge on any atom is 0.207 e. The quantitative estimate of drug-likeness (QED) is 0.914. The summed E-state index contributed by atoms with van der Waals surface area (Å²) in [5, 5.41) is 3.57. The van der Waals surface area contributed by atoms with Crippen LogP contribution in [0, 0.1) is 6.92 Å². The first-order valence-corrected chi connectivity index (χ1v) is 7.60. The van der Waals surface area contributed by atoms with Gasteiger partial charge in [0, 0.05) is 22.9 Å². The van der Waals surface area contributed by atoms with Crippen LogP contribution >= 0.6 is 15.9 Å². The van der Waals surface area contributed by atoms with E-state index in [1.807, 2.05) is 12.4 Å². The van der Waals surface area contributed by atoms with Crippen molar-refractivity contribution in [3.63, 3.8) is 0 Å². The predicted octanol–water partition coefficient (Wildman–Crippen LogP) is 4.30. The number of benzene rings is 1. The zero-order valence-electron chi connectivity index (χ0n) is 11.1. The molecule has 0 spiro atoms. The minimum atomic E-state index is 0.577. The molecule has 1 fully saturated rings. The summed E-state index contributed by atoms with van der Waals surface area (Å²) < 4.78 is 3.23. The zero-order chi connectivity index (χ0) is 13.2. The van der Waals surface area contributed by atoms with Crippen LogP contribution in [0.3, 0.4) is 0 Å². The second-order valence-corrected chi connectivity index (χ2v) is 6.09. The number of aryl methyl sites for hydroxylation is 1. The maximum absolute atomic E-state index is 4.46. The number of aromatic nitrogens is 2. The van der Waals surface area contributed by atoms with Crippen molar-refractivity contribution in [1.29, 1.82) is 0 Å². The number of anilines is 1. The molecule has 0 atom stereocenters. The van der Waals surface area contributed by atoms with E-state index in [2.05, 4.69) is 55.9 Å². The molecular weight excluding hydrogens is 302 g/mol. The van der Waals surface area contributed by atoms with Gasteiger partial charge in [-0.2, -0.15) is 0 Å². The highest BCUT2D eigenvalue weighted by molar-refractivity contribution is 9.10. The van der Waals surface area contributed by atoms with Crippen molar-refractivity contribution in [2.75, 3.05) is 5.32 Å². The summed E-state index contributed by atoms with van der Waals surface area (Å²) in [6.07, 6.45) is 9.04. The fourth-order valence-corrected chi connectivity index (χ4v) is 3.05. The van der Waals surface area contributed by atoms with Gasteiger partial charge in [0.25, 0.3) is 0 Å². The van der Waals surface area contributed by atoms with Crippen LogP contribution in [-0.4, -0.2) is 15.6 Å². The Morgan fingerprint density at radius 2 is 2.11 bits per heavy atom. The monoisotopic (exact) mass is 319 g/mol. The Labute approximate surface area is 122 Å². The van der Waals surface area contributed by atoms with Gasteiger partial charge >= 0.3 is 0 Å². The van der Waals surface area contributed by atoms with Crippen LogP contribution < -0.4 is 5.32 Å². The molecule has 0 saturated heterocycles. The van der Waals surface area contributed by atoms with Crippen molar-refractivity contribution in [3.8, 4) is 5.69 Å². The SMILES string of the molecule is Cc1ccc(Br)cc1-n1ccnc1NC1CCCC1. The molecule has 1 aromatic carbocycles. The van der Waals surface area contributed by atoms with Crippen LogP contribution in [0.15, 0.2) is 35.1 Å². The summed E-state index contributed by atoms with van der Waals surface area (Å²) >= 11 is 3.54. The topological polar surface area (TPSA) is 29.9 Å². The minimum absolute atomic E-state index is 0.577. The molecule has 1 aliphatic rings. The van der Waals surface area contributed by atoms with E-state index in [1.165, 1.54) is 36.9 Å². The van der Waals surface area contributed by atoms with E-state index in [0.29, 0.717) is 6.04 Å². The van der Waals surface area contributed by atoms with Crippen molar-refractivity contribution < 1.29 is 0 Å². The van der Waals surface area contributed by atoms with Gasteiger partial charge in [-0.05, 0) is 37.5 Å². The van der Waals surface area contributed by atoms with Crippen LogP contribution in [0.4, 0.5) is 5.95 Å². The Balaban J connectivity index is 1.92. The average Bonchev–Trinajstić information content (AvgIpc) is 3.04. The molecule has 3 rings (SSSR count). The zero-order valence-corrected chi connectivity index (χ0v) is 12.7. The lowest BCUT2D eigenvalue weighted by Gasteiger charge is -2.16. The molecule has 0 unspecified atom stereocenters. The van der Waals surface area contributed by atoms with E-state index in [-0.39, 0.29) is 0 Å². The van der Waals surface area contributed by atoms with Crippen LogP contribution in [-0.2, 0) is 0 Å². The van der Waals surface area contributed by atoms with Crippen molar-refractivity contribution in [2.24, 2.45) is 0 Å². The summed E-state index contributed by atoms with van der Waals surface area (Å²) in [6.45, 7) is 2.13. The predicted molar refractivity (Wildman–Crippen MR) is 81.9 cm³/mol. The van der Waals surface area contributed by atoms with Crippen molar-refractivity contribution >= 4 is 21.9 Å². The molecule has 1 aromatic heterocycles. The van der Waals surface area contributed by atoms with Crippen LogP contribution in [0.5, 0.6) is 0 Å². The lowest BCUT2D eigenvalue weighted by atomic mass is 10.2. The first-order chi connectivity index (χ1) is 9.24. The molecule has 0 amide bonds. The van der Waals surface area contributed by atoms with Gasteiger partial charge in [0.05, 0.1) is 5.69 Å². The van der Waals surface area contributed by atoms with E-state index < -0.39 is 0 Å². The van der Waals surface area contributed by atoms with E-state index in [1.54, 1.807) is 0 Å². The fourth-order valence-electron chi connectivity index (χ4n) is 2.70. The Hall–Kier alpha value is -1.29. The molecule has 0 aliphatic heterocycles. The Morgan fingerprint density at radius 1 is 1.32 bits per heavy atom. The van der Waals surface area contributed by atoms with Gasteiger partial charge in [-0.1, -0.05) is 34.8 Å². The number of nitrogens with one attached hydrogen (secondary N) is 1. The molecule has 1 saturated carbocycles. The standard InChI is InChI=1S/C15H18BrN3/c1-11-6-7-12(16)10-14(11)19-9-8-17-15(19)18-13-4-2-3-5-13/h6-10,13H,2-5H2,1H3,(H,17,18). The molecule has 1 aliphatic carbocycles. The number of halogens is 1. The van der Waals surface area contributed by atoms with Gasteiger partial charge in [0.1, 0.15) is 0 Å². The summed E-state index contributed by atoms with van der Waals surface area (Å²) in [4.78, 5) is 4.46. The molecular formula is C15H18BrN3. The third kappa shape index (κ3) is 2.68. The highest BCUT2D eigenvalue weighted by Crippen LogP contribution is 2.25. The average molecular weight is 320 g/mol. The summed E-state index contributed by atoms with van der Waals surface area (Å²) in [5.74, 6) is 0.952. The van der Waals surface area contributed by atoms with E-state index in [0.717, 1.165) is 10.4 Å². The molecule has 1 heterocycles. The molecule has 0 radical (unpaired) electrons. The van der Waals surface area contributed by atoms with Crippen molar-refractivity contribution in [3.05, 3.63) is 40.6 Å². The van der Waals surface area contributed by atoms with Crippen LogP contribution in [0.25, 0.3) is 5.69 Å². The number of hydrogen-bond donors (Lipinski definition) is 1.